The summed E-state index contributed by atoms with van der Waals surface area (Å²) in [5.41, 5.74) is 2.57. The fraction of sp³-hybridized carbons (Fsp3) is 0.500. The Bertz CT molecular complexity index is 282. The number of methoxy groups -OCH3 is 1. The molecule has 0 radical (unpaired) electrons. The molecule has 0 fully saturated rings. The van der Waals surface area contributed by atoms with E-state index in [1.54, 1.807) is 7.11 Å². The normalized spacial score (nSPS) is 10.2. The minimum atomic E-state index is 0.719. The number of ether oxygens (including phenoxy) is 2. The molecule has 0 aliphatic carbocycles. The Labute approximate surface area is 85.8 Å². The van der Waals surface area contributed by atoms with E-state index in [9.17, 15) is 0 Å². The minimum Gasteiger partial charge on any atom is -0.493 e. The van der Waals surface area contributed by atoms with Crippen molar-refractivity contribution in [2.45, 2.75) is 20.3 Å². The minimum absolute atomic E-state index is 0.719. The van der Waals surface area contributed by atoms with Gasteiger partial charge in [-0.2, -0.15) is 0 Å². The first kappa shape index (κ1) is 11.1. The summed E-state index contributed by atoms with van der Waals surface area (Å²) >= 11 is 0. The van der Waals surface area contributed by atoms with E-state index < -0.39 is 0 Å². The molecule has 78 valence electrons. The van der Waals surface area contributed by atoms with E-state index in [0.29, 0.717) is 0 Å². The Balaban J connectivity index is 2.39. The van der Waals surface area contributed by atoms with Gasteiger partial charge in [-0.3, -0.25) is 0 Å². The lowest BCUT2D eigenvalue weighted by Crippen LogP contribution is -2.01. The van der Waals surface area contributed by atoms with Crippen molar-refractivity contribution in [1.29, 1.82) is 0 Å². The highest BCUT2D eigenvalue weighted by molar-refractivity contribution is 5.33. The monoisotopic (exact) mass is 194 g/mol. The van der Waals surface area contributed by atoms with Crippen molar-refractivity contribution >= 4 is 0 Å². The summed E-state index contributed by atoms with van der Waals surface area (Å²) in [6.07, 6.45) is 0.934. The maximum atomic E-state index is 5.56. The molecule has 0 amide bonds. The lowest BCUT2D eigenvalue weighted by atomic mass is 10.1. The Morgan fingerprint density at radius 3 is 2.50 bits per heavy atom. The molecule has 0 aliphatic heterocycles. The average molecular weight is 194 g/mol. The third-order valence-corrected chi connectivity index (χ3v) is 2.24. The van der Waals surface area contributed by atoms with Crippen LogP contribution in [0.5, 0.6) is 5.75 Å². The van der Waals surface area contributed by atoms with Crippen molar-refractivity contribution in [2.24, 2.45) is 0 Å². The number of hydrogen-bond donors (Lipinski definition) is 0. The van der Waals surface area contributed by atoms with E-state index in [1.807, 2.05) is 6.07 Å². The maximum Gasteiger partial charge on any atom is 0.119 e. The van der Waals surface area contributed by atoms with Crippen LogP contribution in [0.3, 0.4) is 0 Å². The topological polar surface area (TPSA) is 18.5 Å². The number of rotatable bonds is 5. The number of benzene rings is 1. The summed E-state index contributed by atoms with van der Waals surface area (Å²) in [5.74, 6) is 0.948. The van der Waals surface area contributed by atoms with Crippen LogP contribution in [-0.2, 0) is 4.74 Å². The highest BCUT2D eigenvalue weighted by Gasteiger charge is 1.96. The SMILES string of the molecule is COCCCOc1ccc(C)c(C)c1. The van der Waals surface area contributed by atoms with Crippen molar-refractivity contribution in [3.8, 4) is 5.75 Å². The van der Waals surface area contributed by atoms with Gasteiger partial charge in [0.25, 0.3) is 0 Å². The van der Waals surface area contributed by atoms with Gasteiger partial charge in [0, 0.05) is 20.1 Å². The highest BCUT2D eigenvalue weighted by atomic mass is 16.5. The van der Waals surface area contributed by atoms with Gasteiger partial charge in [0.2, 0.25) is 0 Å². The van der Waals surface area contributed by atoms with Crippen molar-refractivity contribution < 1.29 is 9.47 Å². The zero-order chi connectivity index (χ0) is 10.4. The zero-order valence-corrected chi connectivity index (χ0v) is 9.17. The molecule has 0 atom stereocenters. The third-order valence-electron chi connectivity index (χ3n) is 2.24. The van der Waals surface area contributed by atoms with E-state index >= 15 is 0 Å². The first-order valence-electron chi connectivity index (χ1n) is 4.93. The Kier molecular flexibility index (Phi) is 4.47. The smallest absolute Gasteiger partial charge is 0.119 e. The molecule has 0 bridgehead atoms. The van der Waals surface area contributed by atoms with Crippen LogP contribution in [0.4, 0.5) is 0 Å². The quantitative estimate of drug-likeness (QED) is 0.671. The molecule has 14 heavy (non-hydrogen) atoms. The average Bonchev–Trinajstić information content (AvgIpc) is 2.18. The summed E-state index contributed by atoms with van der Waals surface area (Å²) in [6.45, 7) is 5.67. The van der Waals surface area contributed by atoms with Gasteiger partial charge in [-0.05, 0) is 37.1 Å². The predicted octanol–water partition coefficient (Wildman–Crippen LogP) is 2.72. The molecule has 2 heteroatoms. The van der Waals surface area contributed by atoms with Crippen LogP contribution in [0.1, 0.15) is 17.5 Å². The first-order valence-corrected chi connectivity index (χ1v) is 4.93. The van der Waals surface area contributed by atoms with E-state index in [2.05, 4.69) is 26.0 Å². The lowest BCUT2D eigenvalue weighted by Gasteiger charge is -2.07. The van der Waals surface area contributed by atoms with Crippen molar-refractivity contribution in [2.75, 3.05) is 20.3 Å². The second kappa shape index (κ2) is 5.66. The molecule has 0 aromatic heterocycles. The fourth-order valence-electron chi connectivity index (χ4n) is 1.20. The van der Waals surface area contributed by atoms with Crippen LogP contribution in [0, 0.1) is 13.8 Å². The van der Waals surface area contributed by atoms with Crippen LogP contribution in [-0.4, -0.2) is 20.3 Å². The zero-order valence-electron chi connectivity index (χ0n) is 9.17. The van der Waals surface area contributed by atoms with Gasteiger partial charge in [0.1, 0.15) is 5.75 Å². The molecule has 0 saturated carbocycles. The Morgan fingerprint density at radius 2 is 1.86 bits per heavy atom. The summed E-state index contributed by atoms with van der Waals surface area (Å²) in [4.78, 5) is 0. The van der Waals surface area contributed by atoms with Crippen LogP contribution >= 0.6 is 0 Å². The summed E-state index contributed by atoms with van der Waals surface area (Å²) in [7, 11) is 1.70. The molecule has 1 aromatic rings. The van der Waals surface area contributed by atoms with Crippen LogP contribution in [0.15, 0.2) is 18.2 Å². The van der Waals surface area contributed by atoms with Gasteiger partial charge < -0.3 is 9.47 Å². The molecular formula is C12H18O2. The summed E-state index contributed by atoms with van der Waals surface area (Å²) in [5, 5.41) is 0. The Morgan fingerprint density at radius 1 is 1.07 bits per heavy atom. The predicted molar refractivity (Wildman–Crippen MR) is 57.9 cm³/mol. The highest BCUT2D eigenvalue weighted by Crippen LogP contribution is 2.16. The molecule has 0 aliphatic rings. The summed E-state index contributed by atoms with van der Waals surface area (Å²) < 4.78 is 10.5. The van der Waals surface area contributed by atoms with E-state index in [1.165, 1.54) is 11.1 Å². The molecule has 0 spiro atoms. The van der Waals surface area contributed by atoms with Crippen molar-refractivity contribution in [1.82, 2.24) is 0 Å². The van der Waals surface area contributed by atoms with Gasteiger partial charge in [-0.1, -0.05) is 6.07 Å². The lowest BCUT2D eigenvalue weighted by molar-refractivity contribution is 0.172. The second-order valence-corrected chi connectivity index (χ2v) is 3.44. The fourth-order valence-corrected chi connectivity index (χ4v) is 1.20. The number of aryl methyl sites for hydroxylation is 2. The molecule has 2 nitrogen and oxygen atoms in total. The van der Waals surface area contributed by atoms with Gasteiger partial charge in [0.05, 0.1) is 6.61 Å². The molecule has 0 N–H and O–H groups in total. The van der Waals surface area contributed by atoms with Gasteiger partial charge in [-0.25, -0.2) is 0 Å². The molecule has 0 heterocycles. The molecule has 0 unspecified atom stereocenters. The van der Waals surface area contributed by atoms with Gasteiger partial charge in [0.15, 0.2) is 0 Å². The third kappa shape index (κ3) is 3.38. The van der Waals surface area contributed by atoms with Gasteiger partial charge in [-0.15, -0.1) is 0 Å². The second-order valence-electron chi connectivity index (χ2n) is 3.44. The van der Waals surface area contributed by atoms with E-state index in [4.69, 9.17) is 9.47 Å². The van der Waals surface area contributed by atoms with Gasteiger partial charge >= 0.3 is 0 Å². The maximum absolute atomic E-state index is 5.56. The molecule has 1 aromatic carbocycles. The Hall–Kier alpha value is -1.02. The van der Waals surface area contributed by atoms with Crippen LogP contribution in [0.25, 0.3) is 0 Å². The van der Waals surface area contributed by atoms with Crippen molar-refractivity contribution in [3.05, 3.63) is 29.3 Å². The van der Waals surface area contributed by atoms with E-state index in [0.717, 1.165) is 25.4 Å². The largest absolute Gasteiger partial charge is 0.493 e. The van der Waals surface area contributed by atoms with Crippen LogP contribution in [0.2, 0.25) is 0 Å². The first-order chi connectivity index (χ1) is 6.74. The van der Waals surface area contributed by atoms with Crippen molar-refractivity contribution in [3.63, 3.8) is 0 Å². The standard InChI is InChI=1S/C12H18O2/c1-10-5-6-12(9-11(10)2)14-8-4-7-13-3/h5-6,9H,4,7-8H2,1-3H3. The summed E-state index contributed by atoms with van der Waals surface area (Å²) in [6, 6.07) is 6.16. The number of hydrogen-bond acceptors (Lipinski definition) is 2. The molecule has 1 rings (SSSR count). The van der Waals surface area contributed by atoms with E-state index in [-0.39, 0.29) is 0 Å². The molecule has 0 saturated heterocycles. The van der Waals surface area contributed by atoms with Crippen LogP contribution < -0.4 is 4.74 Å². The molecular weight excluding hydrogens is 176 g/mol.